The van der Waals surface area contributed by atoms with Crippen molar-refractivity contribution in [2.45, 2.75) is 12.5 Å². The molecule has 0 heterocycles. The first kappa shape index (κ1) is 12.0. The van der Waals surface area contributed by atoms with Crippen LogP contribution >= 0.6 is 0 Å². The second-order valence-corrected chi connectivity index (χ2v) is 3.36. The van der Waals surface area contributed by atoms with Crippen molar-refractivity contribution in [1.82, 2.24) is 5.32 Å². The van der Waals surface area contributed by atoms with Crippen LogP contribution in [0, 0.1) is 0 Å². The van der Waals surface area contributed by atoms with Crippen molar-refractivity contribution in [2.24, 2.45) is 5.73 Å². The number of hydrogen-bond acceptors (Lipinski definition) is 2. The molecule has 4 heteroatoms. The van der Waals surface area contributed by atoms with Gasteiger partial charge in [0.15, 0.2) is 0 Å². The van der Waals surface area contributed by atoms with Crippen molar-refractivity contribution in [3.05, 3.63) is 48.6 Å². The zero-order chi connectivity index (χ0) is 12.0. The molecular formula is C12H14N2O2. The molecule has 0 spiro atoms. The van der Waals surface area contributed by atoms with E-state index in [0.717, 1.165) is 11.6 Å². The van der Waals surface area contributed by atoms with Gasteiger partial charge < -0.3 is 11.1 Å². The van der Waals surface area contributed by atoms with Crippen molar-refractivity contribution in [3.63, 3.8) is 0 Å². The van der Waals surface area contributed by atoms with Crippen LogP contribution < -0.4 is 11.1 Å². The van der Waals surface area contributed by atoms with Gasteiger partial charge in [0.1, 0.15) is 6.04 Å². The third kappa shape index (κ3) is 3.57. The molecule has 0 aliphatic rings. The normalized spacial score (nSPS) is 11.5. The van der Waals surface area contributed by atoms with E-state index in [0.29, 0.717) is 6.42 Å². The first-order valence-electron chi connectivity index (χ1n) is 4.89. The molecule has 2 amide bonds. The SMILES string of the molecule is C=CC(=O)N[C@@H](Cc1ccccc1)C(N)=O. The van der Waals surface area contributed by atoms with E-state index in [4.69, 9.17) is 5.73 Å². The van der Waals surface area contributed by atoms with Crippen LogP contribution in [0.4, 0.5) is 0 Å². The van der Waals surface area contributed by atoms with Crippen LogP contribution in [0.2, 0.25) is 0 Å². The second kappa shape index (κ2) is 5.70. The zero-order valence-electron chi connectivity index (χ0n) is 8.85. The van der Waals surface area contributed by atoms with Crippen LogP contribution in [-0.2, 0) is 16.0 Å². The van der Waals surface area contributed by atoms with E-state index in [1.165, 1.54) is 0 Å². The maximum atomic E-state index is 11.1. The molecule has 84 valence electrons. The first-order chi connectivity index (χ1) is 7.63. The highest BCUT2D eigenvalue weighted by Crippen LogP contribution is 2.02. The molecule has 0 fully saturated rings. The summed E-state index contributed by atoms with van der Waals surface area (Å²) in [5.41, 5.74) is 6.14. The number of rotatable bonds is 5. The second-order valence-electron chi connectivity index (χ2n) is 3.36. The van der Waals surface area contributed by atoms with Gasteiger partial charge in [-0.05, 0) is 11.6 Å². The summed E-state index contributed by atoms with van der Waals surface area (Å²) in [6.07, 6.45) is 1.50. The van der Waals surface area contributed by atoms with Gasteiger partial charge in [-0.15, -0.1) is 0 Å². The predicted molar refractivity (Wildman–Crippen MR) is 61.5 cm³/mol. The van der Waals surface area contributed by atoms with E-state index < -0.39 is 17.9 Å². The van der Waals surface area contributed by atoms with Gasteiger partial charge in [0.25, 0.3) is 0 Å². The maximum absolute atomic E-state index is 11.1. The summed E-state index contributed by atoms with van der Waals surface area (Å²) in [5.74, 6) is -0.959. The molecule has 1 aromatic rings. The minimum atomic E-state index is -0.701. The Morgan fingerprint density at radius 3 is 2.50 bits per heavy atom. The Balaban J connectivity index is 2.69. The van der Waals surface area contributed by atoms with Crippen LogP contribution in [0.15, 0.2) is 43.0 Å². The number of hydrogen-bond donors (Lipinski definition) is 2. The van der Waals surface area contributed by atoms with Crippen molar-refractivity contribution in [1.29, 1.82) is 0 Å². The van der Waals surface area contributed by atoms with Crippen molar-refractivity contribution >= 4 is 11.8 Å². The summed E-state index contributed by atoms with van der Waals surface area (Å²) >= 11 is 0. The lowest BCUT2D eigenvalue weighted by Crippen LogP contribution is -2.45. The fourth-order valence-electron chi connectivity index (χ4n) is 1.30. The molecular weight excluding hydrogens is 204 g/mol. The van der Waals surface area contributed by atoms with Crippen LogP contribution in [0.3, 0.4) is 0 Å². The zero-order valence-corrected chi connectivity index (χ0v) is 8.85. The number of amides is 2. The standard InChI is InChI=1S/C12H14N2O2/c1-2-11(15)14-10(12(13)16)8-9-6-4-3-5-7-9/h2-7,10H,1,8H2,(H2,13,16)(H,14,15)/t10-/m0/s1. The summed E-state index contributed by atoms with van der Waals surface area (Å²) in [5, 5.41) is 2.48. The van der Waals surface area contributed by atoms with Gasteiger partial charge in [0.05, 0.1) is 0 Å². The molecule has 0 saturated carbocycles. The molecule has 16 heavy (non-hydrogen) atoms. The average Bonchev–Trinajstić information content (AvgIpc) is 2.29. The van der Waals surface area contributed by atoms with E-state index in [9.17, 15) is 9.59 Å². The van der Waals surface area contributed by atoms with Crippen LogP contribution in [-0.4, -0.2) is 17.9 Å². The quantitative estimate of drug-likeness (QED) is 0.701. The van der Waals surface area contributed by atoms with Gasteiger partial charge in [0.2, 0.25) is 11.8 Å². The lowest BCUT2D eigenvalue weighted by atomic mass is 10.1. The van der Waals surface area contributed by atoms with Crippen LogP contribution in [0.5, 0.6) is 0 Å². The highest BCUT2D eigenvalue weighted by atomic mass is 16.2. The van der Waals surface area contributed by atoms with Crippen molar-refractivity contribution in [2.75, 3.05) is 0 Å². The Bertz CT molecular complexity index is 387. The molecule has 0 aliphatic carbocycles. The molecule has 1 aromatic carbocycles. The van der Waals surface area contributed by atoms with Gasteiger partial charge >= 0.3 is 0 Å². The minimum absolute atomic E-state index is 0.385. The van der Waals surface area contributed by atoms with Crippen LogP contribution in [0.1, 0.15) is 5.56 Å². The van der Waals surface area contributed by atoms with E-state index in [1.54, 1.807) is 0 Å². The summed E-state index contributed by atoms with van der Waals surface area (Å²) < 4.78 is 0. The molecule has 4 nitrogen and oxygen atoms in total. The summed E-state index contributed by atoms with van der Waals surface area (Å²) in [6, 6.07) is 8.65. The maximum Gasteiger partial charge on any atom is 0.244 e. The minimum Gasteiger partial charge on any atom is -0.368 e. The number of carbonyl (C=O) groups excluding carboxylic acids is 2. The Kier molecular flexibility index (Phi) is 4.27. The van der Waals surface area contributed by atoms with Gasteiger partial charge in [-0.2, -0.15) is 0 Å². The Labute approximate surface area is 94.1 Å². The number of primary amides is 1. The largest absolute Gasteiger partial charge is 0.368 e. The lowest BCUT2D eigenvalue weighted by molar-refractivity contribution is -0.124. The molecule has 0 aromatic heterocycles. The molecule has 0 radical (unpaired) electrons. The summed E-state index contributed by atoms with van der Waals surface area (Å²) in [6.45, 7) is 3.32. The molecule has 0 aliphatic heterocycles. The fraction of sp³-hybridized carbons (Fsp3) is 0.167. The third-order valence-corrected chi connectivity index (χ3v) is 2.13. The first-order valence-corrected chi connectivity index (χ1v) is 4.89. The Morgan fingerprint density at radius 2 is 2.00 bits per heavy atom. The topological polar surface area (TPSA) is 72.2 Å². The van der Waals surface area contributed by atoms with E-state index in [2.05, 4.69) is 11.9 Å². The number of carbonyl (C=O) groups is 2. The predicted octanol–water partition coefficient (Wildman–Crippen LogP) is 0.385. The van der Waals surface area contributed by atoms with Crippen molar-refractivity contribution < 1.29 is 9.59 Å². The highest BCUT2D eigenvalue weighted by Gasteiger charge is 2.16. The Hall–Kier alpha value is -2.10. The van der Waals surface area contributed by atoms with Gasteiger partial charge in [-0.1, -0.05) is 36.9 Å². The summed E-state index contributed by atoms with van der Waals surface area (Å²) in [7, 11) is 0. The van der Waals surface area contributed by atoms with Crippen molar-refractivity contribution in [3.8, 4) is 0 Å². The van der Waals surface area contributed by atoms with E-state index in [1.807, 2.05) is 30.3 Å². The number of nitrogens with one attached hydrogen (secondary N) is 1. The third-order valence-electron chi connectivity index (χ3n) is 2.13. The molecule has 1 atom stereocenters. The van der Waals surface area contributed by atoms with E-state index in [-0.39, 0.29) is 0 Å². The molecule has 0 unspecified atom stereocenters. The molecule has 3 N–H and O–H groups in total. The fourth-order valence-corrected chi connectivity index (χ4v) is 1.30. The van der Waals surface area contributed by atoms with Crippen LogP contribution in [0.25, 0.3) is 0 Å². The highest BCUT2D eigenvalue weighted by molar-refractivity contribution is 5.92. The smallest absolute Gasteiger partial charge is 0.244 e. The van der Waals surface area contributed by atoms with E-state index >= 15 is 0 Å². The lowest BCUT2D eigenvalue weighted by Gasteiger charge is -2.14. The monoisotopic (exact) mass is 218 g/mol. The Morgan fingerprint density at radius 1 is 1.38 bits per heavy atom. The number of benzene rings is 1. The molecule has 1 rings (SSSR count). The van der Waals surface area contributed by atoms with Gasteiger partial charge in [-0.25, -0.2) is 0 Å². The average molecular weight is 218 g/mol. The number of nitrogens with two attached hydrogens (primary N) is 1. The molecule has 0 bridgehead atoms. The van der Waals surface area contributed by atoms with Gasteiger partial charge in [-0.3, -0.25) is 9.59 Å². The van der Waals surface area contributed by atoms with Gasteiger partial charge in [0, 0.05) is 6.42 Å². The summed E-state index contributed by atoms with van der Waals surface area (Å²) in [4.78, 5) is 22.2. The molecule has 0 saturated heterocycles.